The number of hydrogen-bond acceptors (Lipinski definition) is 7. The van der Waals surface area contributed by atoms with Gasteiger partial charge < -0.3 is 15.0 Å². The third kappa shape index (κ3) is 5.88. The number of nitrogens with zero attached hydrogens (tertiary/aromatic N) is 5. The van der Waals surface area contributed by atoms with Crippen LogP contribution in [0.1, 0.15) is 17.4 Å². The van der Waals surface area contributed by atoms with E-state index in [9.17, 15) is 14.9 Å². The van der Waals surface area contributed by atoms with Crippen molar-refractivity contribution in [2.24, 2.45) is 5.10 Å². The van der Waals surface area contributed by atoms with Crippen LogP contribution in [-0.4, -0.2) is 57.7 Å². The lowest BCUT2D eigenvalue weighted by atomic mass is 10.0. The van der Waals surface area contributed by atoms with Crippen LogP contribution >= 0.6 is 22.9 Å². The minimum atomic E-state index is -0.753. The summed E-state index contributed by atoms with van der Waals surface area (Å²) < 4.78 is 5.67. The number of guanidine groups is 1. The van der Waals surface area contributed by atoms with Gasteiger partial charge in [-0.3, -0.25) is 9.69 Å². The van der Waals surface area contributed by atoms with Crippen LogP contribution < -0.4 is 5.32 Å². The monoisotopic (exact) mass is 452 g/mol. The molecule has 2 aromatic rings. The molecule has 0 bridgehead atoms. The first-order chi connectivity index (χ1) is 14.5. The summed E-state index contributed by atoms with van der Waals surface area (Å²) in [4.78, 5) is 32.0. The molecule has 0 unspecified atom stereocenters. The van der Waals surface area contributed by atoms with Crippen LogP contribution in [0.15, 0.2) is 41.6 Å². The Hall–Kier alpha value is -2.76. The number of benzene rings is 1. The highest BCUT2D eigenvalue weighted by Crippen LogP contribution is 2.21. The van der Waals surface area contributed by atoms with Crippen LogP contribution in [0.5, 0.6) is 0 Å². The van der Waals surface area contributed by atoms with E-state index in [-0.39, 0.29) is 31.9 Å². The van der Waals surface area contributed by atoms with Gasteiger partial charge in [0.25, 0.3) is 5.96 Å². The van der Waals surface area contributed by atoms with Crippen molar-refractivity contribution in [3.63, 3.8) is 0 Å². The quantitative estimate of drug-likeness (QED) is 0.368. The molecule has 3 rings (SSSR count). The first-order valence-corrected chi connectivity index (χ1v) is 10.4. The molecule has 1 aliphatic heterocycles. The van der Waals surface area contributed by atoms with Crippen LogP contribution in [-0.2, 0) is 22.5 Å². The molecular formula is C18H21ClN6O4S. The fourth-order valence-corrected chi connectivity index (χ4v) is 4.11. The highest BCUT2D eigenvalue weighted by Gasteiger charge is 2.34. The van der Waals surface area contributed by atoms with Crippen molar-refractivity contribution in [3.8, 4) is 0 Å². The second-order valence-electron chi connectivity index (χ2n) is 6.46. The molecular weight excluding hydrogens is 432 g/mol. The third-order valence-electron chi connectivity index (χ3n) is 4.41. The van der Waals surface area contributed by atoms with Gasteiger partial charge in [-0.15, -0.1) is 11.3 Å². The maximum atomic E-state index is 12.7. The fraction of sp³-hybridized carbons (Fsp3) is 0.389. The number of ether oxygens (including phenoxy) is 1. The van der Waals surface area contributed by atoms with Gasteiger partial charge in [-0.2, -0.15) is 0 Å². The zero-order chi connectivity index (χ0) is 21.5. The molecule has 2 heterocycles. The normalized spacial score (nSPS) is 16.9. The highest BCUT2D eigenvalue weighted by atomic mass is 35.5. The van der Waals surface area contributed by atoms with Crippen LogP contribution in [0.2, 0.25) is 4.47 Å². The van der Waals surface area contributed by atoms with E-state index >= 15 is 0 Å². The molecule has 0 saturated carbocycles. The van der Waals surface area contributed by atoms with E-state index in [2.05, 4.69) is 15.4 Å². The van der Waals surface area contributed by atoms with Crippen molar-refractivity contribution < 1.29 is 14.6 Å². The van der Waals surface area contributed by atoms with E-state index in [1.54, 1.807) is 18.0 Å². The van der Waals surface area contributed by atoms with Gasteiger partial charge in [-0.05, 0) is 18.9 Å². The molecule has 1 atom stereocenters. The lowest BCUT2D eigenvalue weighted by Gasteiger charge is -2.40. The second-order valence-corrected chi connectivity index (χ2v) is 8.16. The maximum absolute atomic E-state index is 12.7. The molecule has 0 spiro atoms. The van der Waals surface area contributed by atoms with Gasteiger partial charge >= 0.3 is 5.97 Å². The Balaban J connectivity index is 1.82. The van der Waals surface area contributed by atoms with Crippen molar-refractivity contribution in [2.45, 2.75) is 25.9 Å². The van der Waals surface area contributed by atoms with Gasteiger partial charge in [0.15, 0.2) is 9.50 Å². The third-order valence-corrected chi connectivity index (χ3v) is 5.51. The number of halogens is 1. The minimum absolute atomic E-state index is 0.114. The predicted octanol–water partition coefficient (Wildman–Crippen LogP) is 2.14. The van der Waals surface area contributed by atoms with E-state index in [0.717, 1.165) is 10.4 Å². The first-order valence-electron chi connectivity index (χ1n) is 9.23. The fourth-order valence-electron chi connectivity index (χ4n) is 3.11. The molecule has 30 heavy (non-hydrogen) atoms. The van der Waals surface area contributed by atoms with Gasteiger partial charge in [-0.1, -0.05) is 41.9 Å². The second kappa shape index (κ2) is 10.3. The van der Waals surface area contributed by atoms with E-state index in [4.69, 9.17) is 16.3 Å². The smallest absolute Gasteiger partial charge is 0.323 e. The van der Waals surface area contributed by atoms with Crippen molar-refractivity contribution in [1.29, 1.82) is 0 Å². The maximum Gasteiger partial charge on any atom is 0.323 e. The standard InChI is InChI=1S/C18H21ClN6O4S/c1-2-29-16(26)15(8-13-6-4-3-5-7-13)24-11-21-18(22-25(27)28)23(12-24)10-14-9-20-17(19)30-14/h3-7,9,15H,2,8,10-12H2,1H3,(H,21,22)/t15-/m0/s1. The van der Waals surface area contributed by atoms with Gasteiger partial charge in [0.05, 0.1) is 26.5 Å². The van der Waals surface area contributed by atoms with Gasteiger partial charge in [-0.25, -0.2) is 15.1 Å². The number of hydrazone groups is 1. The summed E-state index contributed by atoms with van der Waals surface area (Å²) in [6.45, 7) is 2.78. The molecule has 1 saturated heterocycles. The van der Waals surface area contributed by atoms with E-state index in [0.29, 0.717) is 17.4 Å². The number of rotatable bonds is 8. The molecule has 1 N–H and O–H groups in total. The van der Waals surface area contributed by atoms with E-state index in [1.165, 1.54) is 11.3 Å². The van der Waals surface area contributed by atoms with Crippen molar-refractivity contribution in [2.75, 3.05) is 19.9 Å². The Morgan fingerprint density at radius 3 is 2.87 bits per heavy atom. The summed E-state index contributed by atoms with van der Waals surface area (Å²) in [5, 5.41) is 16.6. The molecule has 1 fully saturated rings. The van der Waals surface area contributed by atoms with E-state index in [1.807, 2.05) is 35.2 Å². The zero-order valence-electron chi connectivity index (χ0n) is 16.2. The number of nitro groups is 1. The van der Waals surface area contributed by atoms with Crippen LogP contribution in [0.3, 0.4) is 0 Å². The molecule has 160 valence electrons. The summed E-state index contributed by atoms with van der Waals surface area (Å²) in [6.07, 6.45) is 2.06. The Kier molecular flexibility index (Phi) is 7.55. The molecule has 1 aromatic heterocycles. The lowest BCUT2D eigenvalue weighted by molar-refractivity contribution is -0.486. The Labute approximate surface area is 182 Å². The largest absolute Gasteiger partial charge is 0.465 e. The summed E-state index contributed by atoms with van der Waals surface area (Å²) in [6, 6.07) is 9.06. The number of hydrogen-bond donors (Lipinski definition) is 1. The van der Waals surface area contributed by atoms with Crippen molar-refractivity contribution in [3.05, 3.63) is 61.6 Å². The number of nitrogens with one attached hydrogen (secondary N) is 1. The van der Waals surface area contributed by atoms with Gasteiger partial charge in [0.2, 0.25) is 0 Å². The van der Waals surface area contributed by atoms with Gasteiger partial charge in [0, 0.05) is 11.1 Å². The summed E-state index contributed by atoms with van der Waals surface area (Å²) in [5.74, 6) is -0.235. The molecule has 10 nitrogen and oxygen atoms in total. The topological polar surface area (TPSA) is 113 Å². The number of carbonyl (C=O) groups excluding carboxylic acids is 1. The van der Waals surface area contributed by atoms with E-state index < -0.39 is 11.1 Å². The van der Waals surface area contributed by atoms with Crippen molar-refractivity contribution in [1.82, 2.24) is 20.1 Å². The molecule has 0 amide bonds. The molecule has 12 heteroatoms. The summed E-state index contributed by atoms with van der Waals surface area (Å²) in [5.41, 5.74) is 0.987. The zero-order valence-corrected chi connectivity index (χ0v) is 17.8. The van der Waals surface area contributed by atoms with Crippen LogP contribution in [0, 0.1) is 10.1 Å². The number of aromatic nitrogens is 1. The Morgan fingerprint density at radius 1 is 1.47 bits per heavy atom. The van der Waals surface area contributed by atoms with Gasteiger partial charge in [0.1, 0.15) is 11.1 Å². The average Bonchev–Trinajstić information content (AvgIpc) is 3.13. The SMILES string of the molecule is CCOC(=O)[C@H](Cc1ccccc1)N1CN/C(=N\[N+](=O)[O-])N(Cc2cnc(Cl)s2)C1. The molecule has 0 radical (unpaired) electrons. The predicted molar refractivity (Wildman–Crippen MR) is 112 cm³/mol. The highest BCUT2D eigenvalue weighted by molar-refractivity contribution is 7.15. The number of thiazole rings is 1. The lowest BCUT2D eigenvalue weighted by Crippen LogP contribution is -2.61. The average molecular weight is 453 g/mol. The molecule has 1 aliphatic rings. The van der Waals surface area contributed by atoms with Crippen LogP contribution in [0.25, 0.3) is 0 Å². The minimum Gasteiger partial charge on any atom is -0.465 e. The first kappa shape index (κ1) is 21.9. The Bertz CT molecular complexity index is 909. The number of esters is 1. The Morgan fingerprint density at radius 2 is 2.23 bits per heavy atom. The van der Waals surface area contributed by atoms with Crippen LogP contribution in [0.4, 0.5) is 0 Å². The summed E-state index contributed by atoms with van der Waals surface area (Å²) in [7, 11) is 0. The molecule has 1 aromatic carbocycles. The van der Waals surface area contributed by atoms with Crippen molar-refractivity contribution >= 4 is 34.9 Å². The number of carbonyl (C=O) groups is 1. The molecule has 0 aliphatic carbocycles. The summed E-state index contributed by atoms with van der Waals surface area (Å²) >= 11 is 7.19.